The van der Waals surface area contributed by atoms with Crippen molar-refractivity contribution in [3.63, 3.8) is 0 Å². The average Bonchev–Trinajstić information content (AvgIpc) is 3.15. The van der Waals surface area contributed by atoms with Crippen LogP contribution < -0.4 is 9.47 Å². The molecule has 0 radical (unpaired) electrons. The maximum atomic E-state index is 11.6. The fraction of sp³-hybridized carbons (Fsp3) is 0.304. The minimum Gasteiger partial charge on any atom is -0.497 e. The molecule has 0 fully saturated rings. The zero-order chi connectivity index (χ0) is 21.1. The lowest BCUT2D eigenvalue weighted by atomic mass is 9.99. The first-order chi connectivity index (χ1) is 14.6. The van der Waals surface area contributed by atoms with Gasteiger partial charge < -0.3 is 14.0 Å². The Balaban J connectivity index is 1.83. The van der Waals surface area contributed by atoms with E-state index in [2.05, 4.69) is 21.7 Å². The summed E-state index contributed by atoms with van der Waals surface area (Å²) in [6, 6.07) is 16.8. The molecule has 1 atom stereocenters. The van der Waals surface area contributed by atoms with Crippen molar-refractivity contribution in [2.75, 3.05) is 20.8 Å². The van der Waals surface area contributed by atoms with Crippen molar-refractivity contribution < 1.29 is 14.4 Å². The van der Waals surface area contributed by atoms with E-state index in [0.29, 0.717) is 12.1 Å². The van der Waals surface area contributed by atoms with E-state index in [0.717, 1.165) is 42.3 Å². The Hall–Kier alpha value is -3.32. The van der Waals surface area contributed by atoms with E-state index in [-0.39, 0.29) is 16.7 Å². The van der Waals surface area contributed by atoms with Gasteiger partial charge in [0.25, 0.3) is 5.69 Å². The van der Waals surface area contributed by atoms with Gasteiger partial charge in [-0.15, -0.1) is 0 Å². The van der Waals surface area contributed by atoms with Crippen molar-refractivity contribution in [3.8, 4) is 11.5 Å². The first-order valence-corrected chi connectivity index (χ1v) is 9.95. The molecular weight excluding hydrogens is 382 g/mol. The van der Waals surface area contributed by atoms with Crippen LogP contribution in [0.2, 0.25) is 0 Å². The second kappa shape index (κ2) is 8.59. The molecule has 0 amide bonds. The van der Waals surface area contributed by atoms with Gasteiger partial charge in [-0.2, -0.15) is 0 Å². The summed E-state index contributed by atoms with van der Waals surface area (Å²) in [5.74, 6) is 1.52. The fourth-order valence-corrected chi connectivity index (χ4v) is 4.26. The molecule has 156 valence electrons. The number of para-hydroxylation sites is 1. The second-order valence-electron chi connectivity index (χ2n) is 7.35. The largest absolute Gasteiger partial charge is 0.497 e. The predicted molar refractivity (Wildman–Crippen MR) is 114 cm³/mol. The molecule has 0 N–H and O–H groups in total. The van der Waals surface area contributed by atoms with Gasteiger partial charge in [-0.05, 0) is 36.8 Å². The zero-order valence-corrected chi connectivity index (χ0v) is 17.2. The summed E-state index contributed by atoms with van der Waals surface area (Å²) in [7, 11) is 3.31. The Labute approximate surface area is 175 Å². The Kier molecular flexibility index (Phi) is 5.72. The Morgan fingerprint density at radius 3 is 2.67 bits per heavy atom. The van der Waals surface area contributed by atoms with Crippen LogP contribution in [0.5, 0.6) is 11.5 Å². The molecule has 0 aliphatic carbocycles. The lowest BCUT2D eigenvalue weighted by Crippen LogP contribution is -2.30. The molecule has 7 nitrogen and oxygen atoms in total. The Bertz CT molecular complexity index is 1050. The SMILES string of the molecule is COc1ccc(OC)c([C@H]2c3cccn3CCCN2Cc2ccccc2[N+](=O)[O-])c1. The minimum absolute atomic E-state index is 0.118. The second-order valence-corrected chi connectivity index (χ2v) is 7.35. The lowest BCUT2D eigenvalue weighted by molar-refractivity contribution is -0.385. The van der Waals surface area contributed by atoms with E-state index in [1.54, 1.807) is 26.4 Å². The topological polar surface area (TPSA) is 69.8 Å². The maximum Gasteiger partial charge on any atom is 0.273 e. The van der Waals surface area contributed by atoms with E-state index < -0.39 is 0 Å². The van der Waals surface area contributed by atoms with Gasteiger partial charge in [0.05, 0.1) is 25.2 Å². The lowest BCUT2D eigenvalue weighted by Gasteiger charge is -2.31. The smallest absolute Gasteiger partial charge is 0.273 e. The number of rotatable bonds is 6. The van der Waals surface area contributed by atoms with E-state index in [1.807, 2.05) is 36.4 Å². The van der Waals surface area contributed by atoms with Crippen LogP contribution in [0.4, 0.5) is 5.69 Å². The number of aryl methyl sites for hydroxylation is 1. The van der Waals surface area contributed by atoms with Crippen molar-refractivity contribution in [2.24, 2.45) is 0 Å². The summed E-state index contributed by atoms with van der Waals surface area (Å²) in [5, 5.41) is 11.6. The molecule has 3 aromatic rings. The molecular formula is C23H25N3O4. The van der Waals surface area contributed by atoms with Gasteiger partial charge in [-0.3, -0.25) is 15.0 Å². The first kappa shape index (κ1) is 20.0. The van der Waals surface area contributed by atoms with Crippen LogP contribution >= 0.6 is 0 Å². The van der Waals surface area contributed by atoms with E-state index >= 15 is 0 Å². The average molecular weight is 407 g/mol. The van der Waals surface area contributed by atoms with Crippen LogP contribution in [-0.2, 0) is 13.1 Å². The van der Waals surface area contributed by atoms with Crippen LogP contribution in [0.15, 0.2) is 60.8 Å². The molecule has 0 unspecified atom stereocenters. The van der Waals surface area contributed by atoms with Crippen LogP contribution in [0, 0.1) is 10.1 Å². The third-order valence-electron chi connectivity index (χ3n) is 5.65. The Morgan fingerprint density at radius 1 is 1.07 bits per heavy atom. The number of hydrogen-bond donors (Lipinski definition) is 0. The van der Waals surface area contributed by atoms with Gasteiger partial charge in [0.15, 0.2) is 0 Å². The molecule has 30 heavy (non-hydrogen) atoms. The summed E-state index contributed by atoms with van der Waals surface area (Å²) in [6.07, 6.45) is 3.04. The van der Waals surface area contributed by atoms with E-state index in [4.69, 9.17) is 9.47 Å². The highest BCUT2D eigenvalue weighted by molar-refractivity contribution is 5.46. The van der Waals surface area contributed by atoms with E-state index in [1.165, 1.54) is 0 Å². The summed E-state index contributed by atoms with van der Waals surface area (Å²) in [5.41, 5.74) is 2.97. The van der Waals surface area contributed by atoms with Crippen molar-refractivity contribution in [1.82, 2.24) is 9.47 Å². The molecule has 1 aromatic heterocycles. The van der Waals surface area contributed by atoms with Gasteiger partial charge in [-0.25, -0.2) is 0 Å². The highest BCUT2D eigenvalue weighted by atomic mass is 16.6. The number of nitro groups is 1. The van der Waals surface area contributed by atoms with Crippen molar-refractivity contribution in [1.29, 1.82) is 0 Å². The number of nitro benzene ring substituents is 1. The van der Waals surface area contributed by atoms with E-state index in [9.17, 15) is 10.1 Å². The quantitative estimate of drug-likeness (QED) is 0.447. The monoisotopic (exact) mass is 407 g/mol. The molecule has 1 aliphatic heterocycles. The number of benzene rings is 2. The standard InChI is InChI=1S/C23H25N3O4/c1-29-18-10-11-22(30-2)19(15-18)23-21-9-5-12-24(21)13-6-14-25(23)16-17-7-3-4-8-20(17)26(27)28/h3-5,7-12,15,23H,6,13-14,16H2,1-2H3/t23-/m0/s1. The maximum absolute atomic E-state index is 11.6. The Morgan fingerprint density at radius 2 is 1.90 bits per heavy atom. The summed E-state index contributed by atoms with van der Waals surface area (Å²) in [6.45, 7) is 2.17. The van der Waals surface area contributed by atoms with Crippen molar-refractivity contribution in [2.45, 2.75) is 25.6 Å². The highest BCUT2D eigenvalue weighted by Crippen LogP contribution is 2.40. The predicted octanol–water partition coefficient (Wildman–Crippen LogP) is 4.41. The molecule has 2 heterocycles. The number of methoxy groups -OCH3 is 2. The van der Waals surface area contributed by atoms with Gasteiger partial charge >= 0.3 is 0 Å². The van der Waals surface area contributed by atoms with Gasteiger partial charge in [0.1, 0.15) is 11.5 Å². The fourth-order valence-electron chi connectivity index (χ4n) is 4.26. The zero-order valence-electron chi connectivity index (χ0n) is 17.2. The van der Waals surface area contributed by atoms with Crippen molar-refractivity contribution >= 4 is 5.69 Å². The summed E-state index contributed by atoms with van der Waals surface area (Å²) < 4.78 is 13.4. The molecule has 0 saturated heterocycles. The van der Waals surface area contributed by atoms with Crippen LogP contribution in [0.1, 0.15) is 29.3 Å². The minimum atomic E-state index is -0.309. The number of ether oxygens (including phenoxy) is 2. The van der Waals surface area contributed by atoms with Gasteiger partial charge in [-0.1, -0.05) is 18.2 Å². The van der Waals surface area contributed by atoms with Crippen LogP contribution in [0.3, 0.4) is 0 Å². The number of aromatic nitrogens is 1. The molecule has 7 heteroatoms. The molecule has 2 aromatic carbocycles. The molecule has 0 spiro atoms. The van der Waals surface area contributed by atoms with Crippen LogP contribution in [-0.4, -0.2) is 35.2 Å². The third-order valence-corrected chi connectivity index (χ3v) is 5.65. The first-order valence-electron chi connectivity index (χ1n) is 9.95. The number of fused-ring (bicyclic) bond motifs is 1. The summed E-state index contributed by atoms with van der Waals surface area (Å²) >= 11 is 0. The molecule has 0 bridgehead atoms. The molecule has 0 saturated carbocycles. The van der Waals surface area contributed by atoms with Gasteiger partial charge in [0.2, 0.25) is 0 Å². The van der Waals surface area contributed by atoms with Crippen LogP contribution in [0.25, 0.3) is 0 Å². The molecule has 1 aliphatic rings. The highest BCUT2D eigenvalue weighted by Gasteiger charge is 2.31. The van der Waals surface area contributed by atoms with Gasteiger partial charge in [0, 0.05) is 48.7 Å². The number of nitrogens with zero attached hydrogens (tertiary/aromatic N) is 3. The third kappa shape index (κ3) is 3.76. The van der Waals surface area contributed by atoms with Crippen molar-refractivity contribution in [3.05, 3.63) is 87.7 Å². The number of hydrogen-bond acceptors (Lipinski definition) is 5. The summed E-state index contributed by atoms with van der Waals surface area (Å²) in [4.78, 5) is 13.6. The molecule has 4 rings (SSSR count). The normalized spacial score (nSPS) is 16.5.